The molecule has 3 rings (SSSR count). The van der Waals surface area contributed by atoms with Crippen molar-refractivity contribution in [2.45, 2.75) is 19.3 Å². The molecule has 0 saturated carbocycles. The highest BCUT2D eigenvalue weighted by atomic mass is 32.1. The number of hydrogen-bond donors (Lipinski definition) is 1. The van der Waals surface area contributed by atoms with Crippen LogP contribution >= 0.6 is 11.3 Å². The molecule has 20 heavy (non-hydrogen) atoms. The minimum Gasteiger partial charge on any atom is -0.330 e. The smallest absolute Gasteiger partial charge is 0.0702 e. The molecular formula is C17H18N2S. The van der Waals surface area contributed by atoms with Gasteiger partial charge in [0, 0.05) is 21.3 Å². The van der Waals surface area contributed by atoms with E-state index in [0.717, 1.165) is 18.5 Å². The maximum absolute atomic E-state index is 5.64. The predicted octanol–water partition coefficient (Wildman–Crippen LogP) is 4.42. The van der Waals surface area contributed by atoms with E-state index in [2.05, 4.69) is 48.3 Å². The third-order valence-corrected chi connectivity index (χ3v) is 4.97. The topological polar surface area (TPSA) is 38.9 Å². The van der Waals surface area contributed by atoms with Gasteiger partial charge in [-0.3, -0.25) is 4.98 Å². The van der Waals surface area contributed by atoms with Gasteiger partial charge in [-0.25, -0.2) is 0 Å². The Kier molecular flexibility index (Phi) is 3.81. The van der Waals surface area contributed by atoms with Crippen LogP contribution in [0.4, 0.5) is 0 Å². The summed E-state index contributed by atoms with van der Waals surface area (Å²) in [4.78, 5) is 7.09. The number of fused-ring (bicyclic) bond motifs is 1. The number of aromatic nitrogens is 1. The molecule has 1 unspecified atom stereocenters. The molecule has 0 amide bonds. The van der Waals surface area contributed by atoms with E-state index in [1.54, 1.807) is 0 Å². The van der Waals surface area contributed by atoms with Gasteiger partial charge < -0.3 is 5.73 Å². The van der Waals surface area contributed by atoms with Crippen molar-refractivity contribution in [2.75, 3.05) is 6.54 Å². The van der Waals surface area contributed by atoms with E-state index in [0.29, 0.717) is 5.92 Å². The van der Waals surface area contributed by atoms with Gasteiger partial charge in [0.05, 0.1) is 5.52 Å². The van der Waals surface area contributed by atoms with Crippen molar-refractivity contribution in [3.05, 3.63) is 53.5 Å². The fourth-order valence-electron chi connectivity index (χ4n) is 2.39. The Bertz CT molecular complexity index is 718. The lowest BCUT2D eigenvalue weighted by Crippen LogP contribution is -2.03. The zero-order chi connectivity index (χ0) is 13.9. The van der Waals surface area contributed by atoms with Crippen LogP contribution in [0.1, 0.15) is 24.1 Å². The molecule has 0 radical (unpaired) electrons. The van der Waals surface area contributed by atoms with E-state index < -0.39 is 0 Å². The monoisotopic (exact) mass is 282 g/mol. The Labute approximate surface area is 123 Å². The highest BCUT2D eigenvalue weighted by molar-refractivity contribution is 7.15. The van der Waals surface area contributed by atoms with Gasteiger partial charge >= 0.3 is 0 Å². The van der Waals surface area contributed by atoms with E-state index in [1.807, 2.05) is 23.6 Å². The first kappa shape index (κ1) is 13.3. The Morgan fingerprint density at radius 3 is 2.95 bits per heavy atom. The summed E-state index contributed by atoms with van der Waals surface area (Å²) in [5.74, 6) is 0.542. The van der Waals surface area contributed by atoms with Gasteiger partial charge in [-0.15, -0.1) is 11.3 Å². The lowest BCUT2D eigenvalue weighted by atomic mass is 10.1. The number of hydrogen-bond acceptors (Lipinski definition) is 3. The maximum Gasteiger partial charge on any atom is 0.0702 e. The van der Waals surface area contributed by atoms with Crippen molar-refractivity contribution in [3.8, 4) is 10.4 Å². The van der Waals surface area contributed by atoms with E-state index in [4.69, 9.17) is 5.73 Å². The van der Waals surface area contributed by atoms with Crippen molar-refractivity contribution in [1.29, 1.82) is 0 Å². The number of nitrogens with zero attached hydrogens (tertiary/aromatic N) is 1. The molecule has 2 nitrogen and oxygen atoms in total. The molecule has 0 aliphatic rings. The summed E-state index contributed by atoms with van der Waals surface area (Å²) in [5.41, 5.74) is 7.96. The number of nitrogens with two attached hydrogens (primary N) is 1. The van der Waals surface area contributed by atoms with Gasteiger partial charge in [0.1, 0.15) is 0 Å². The third-order valence-electron chi connectivity index (χ3n) is 3.60. The molecule has 0 saturated heterocycles. The van der Waals surface area contributed by atoms with Crippen LogP contribution in [0.3, 0.4) is 0 Å². The minimum atomic E-state index is 0.542. The van der Waals surface area contributed by atoms with Crippen LogP contribution in [0, 0.1) is 0 Å². The molecule has 1 atom stereocenters. The lowest BCUT2D eigenvalue weighted by molar-refractivity contribution is 0.701. The summed E-state index contributed by atoms with van der Waals surface area (Å²) < 4.78 is 0. The van der Waals surface area contributed by atoms with Crippen LogP contribution in [0.15, 0.2) is 48.7 Å². The second-order valence-electron chi connectivity index (χ2n) is 5.09. The summed E-state index contributed by atoms with van der Waals surface area (Å²) in [6.45, 7) is 2.99. The average molecular weight is 282 g/mol. The maximum atomic E-state index is 5.64. The van der Waals surface area contributed by atoms with Gasteiger partial charge in [-0.1, -0.05) is 19.1 Å². The SMILES string of the molecule is CC(CCN)c1ccc(-c2ccc3ncccc3c2)s1. The molecule has 3 aromatic rings. The fraction of sp³-hybridized carbons (Fsp3) is 0.235. The molecule has 2 N–H and O–H groups in total. The van der Waals surface area contributed by atoms with E-state index >= 15 is 0 Å². The number of thiophene rings is 1. The van der Waals surface area contributed by atoms with Gasteiger partial charge in [0.2, 0.25) is 0 Å². The molecule has 0 aliphatic carbocycles. The second kappa shape index (κ2) is 5.73. The number of rotatable bonds is 4. The fourth-order valence-corrected chi connectivity index (χ4v) is 3.48. The highest BCUT2D eigenvalue weighted by Crippen LogP contribution is 2.34. The quantitative estimate of drug-likeness (QED) is 0.769. The molecule has 1 aromatic carbocycles. The highest BCUT2D eigenvalue weighted by Gasteiger charge is 2.09. The molecule has 0 bridgehead atoms. The Hall–Kier alpha value is -1.71. The van der Waals surface area contributed by atoms with Gasteiger partial charge in [0.15, 0.2) is 0 Å². The van der Waals surface area contributed by atoms with Crippen LogP contribution < -0.4 is 5.73 Å². The van der Waals surface area contributed by atoms with E-state index in [1.165, 1.54) is 20.7 Å². The molecule has 0 aliphatic heterocycles. The Morgan fingerprint density at radius 1 is 1.20 bits per heavy atom. The summed E-state index contributed by atoms with van der Waals surface area (Å²) >= 11 is 1.87. The third kappa shape index (κ3) is 2.60. The van der Waals surface area contributed by atoms with Crippen LogP contribution in [-0.4, -0.2) is 11.5 Å². The zero-order valence-corrected chi connectivity index (χ0v) is 12.4. The molecule has 2 aromatic heterocycles. The Morgan fingerprint density at radius 2 is 2.10 bits per heavy atom. The first-order valence-electron chi connectivity index (χ1n) is 6.93. The zero-order valence-electron chi connectivity index (χ0n) is 11.5. The van der Waals surface area contributed by atoms with Crippen LogP contribution in [0.5, 0.6) is 0 Å². The molecule has 2 heterocycles. The lowest BCUT2D eigenvalue weighted by Gasteiger charge is -2.06. The van der Waals surface area contributed by atoms with Crippen molar-refractivity contribution in [3.63, 3.8) is 0 Å². The molecular weight excluding hydrogens is 264 g/mol. The molecule has 0 spiro atoms. The second-order valence-corrected chi connectivity index (χ2v) is 6.21. The van der Waals surface area contributed by atoms with Crippen LogP contribution in [0.2, 0.25) is 0 Å². The van der Waals surface area contributed by atoms with Crippen LogP contribution in [0.25, 0.3) is 21.3 Å². The first-order valence-corrected chi connectivity index (χ1v) is 7.74. The summed E-state index contributed by atoms with van der Waals surface area (Å²) in [7, 11) is 0. The number of pyridine rings is 1. The average Bonchev–Trinajstić information content (AvgIpc) is 2.97. The van der Waals surface area contributed by atoms with Crippen molar-refractivity contribution in [1.82, 2.24) is 4.98 Å². The predicted molar refractivity (Wildman–Crippen MR) is 87.1 cm³/mol. The summed E-state index contributed by atoms with van der Waals surface area (Å²) in [6.07, 6.45) is 2.88. The molecule has 3 heteroatoms. The van der Waals surface area contributed by atoms with Gasteiger partial charge in [0.25, 0.3) is 0 Å². The minimum absolute atomic E-state index is 0.542. The van der Waals surface area contributed by atoms with Crippen molar-refractivity contribution >= 4 is 22.2 Å². The van der Waals surface area contributed by atoms with Crippen molar-refractivity contribution in [2.24, 2.45) is 5.73 Å². The molecule has 0 fully saturated rings. The van der Waals surface area contributed by atoms with E-state index in [9.17, 15) is 0 Å². The first-order chi connectivity index (χ1) is 9.78. The normalized spacial score (nSPS) is 12.7. The standard InChI is InChI=1S/C17H18N2S/c1-12(8-9-18)16-6-7-17(20-16)14-4-5-15-13(11-14)3-2-10-19-15/h2-7,10-12H,8-9,18H2,1H3. The number of benzene rings is 1. The van der Waals surface area contributed by atoms with Gasteiger partial charge in [-0.05, 0) is 54.8 Å². The Balaban J connectivity index is 1.94. The van der Waals surface area contributed by atoms with Crippen LogP contribution in [-0.2, 0) is 0 Å². The van der Waals surface area contributed by atoms with Crippen molar-refractivity contribution < 1.29 is 0 Å². The van der Waals surface area contributed by atoms with Gasteiger partial charge in [-0.2, -0.15) is 0 Å². The summed E-state index contributed by atoms with van der Waals surface area (Å²) in [5, 5.41) is 1.19. The largest absolute Gasteiger partial charge is 0.330 e. The summed E-state index contributed by atoms with van der Waals surface area (Å²) in [6, 6.07) is 15.0. The van der Waals surface area contributed by atoms with E-state index in [-0.39, 0.29) is 0 Å². The molecule has 102 valence electrons.